The van der Waals surface area contributed by atoms with Crippen molar-refractivity contribution in [1.29, 1.82) is 0 Å². The third-order valence-corrected chi connectivity index (χ3v) is 11.6. The Morgan fingerprint density at radius 1 is 1.11 bits per heavy atom. The molecule has 1 aromatic heterocycles. The molecule has 2 aliphatic heterocycles. The number of sulfonamides is 1. The molecule has 46 heavy (non-hydrogen) atoms. The Hall–Kier alpha value is -3.53. The lowest BCUT2D eigenvalue weighted by molar-refractivity contribution is -0.384. The molecular weight excluding hydrogens is 721 g/mol. The molecule has 0 spiro atoms. The molecule has 1 amide bonds. The third kappa shape index (κ3) is 5.26. The maximum atomic E-state index is 13.9. The summed E-state index contributed by atoms with van der Waals surface area (Å²) in [6.07, 6.45) is 2.57. The fourth-order valence-electron chi connectivity index (χ4n) is 6.85. The molecule has 0 unspecified atom stereocenters. The van der Waals surface area contributed by atoms with E-state index in [0.717, 1.165) is 44.3 Å². The van der Waals surface area contributed by atoms with Crippen LogP contribution in [0.2, 0.25) is 0 Å². The quantitative estimate of drug-likeness (QED) is 0.126. The van der Waals surface area contributed by atoms with E-state index in [2.05, 4.69) is 50.4 Å². The van der Waals surface area contributed by atoms with Crippen molar-refractivity contribution in [2.24, 2.45) is 0 Å². The van der Waals surface area contributed by atoms with Crippen LogP contribution in [0.15, 0.2) is 77.8 Å². The summed E-state index contributed by atoms with van der Waals surface area (Å²) < 4.78 is 37.2. The minimum Gasteiger partial charge on any atom is -0.443 e. The van der Waals surface area contributed by atoms with Gasteiger partial charge >= 0.3 is 6.09 Å². The molecule has 0 N–H and O–H groups in total. The predicted molar refractivity (Wildman–Crippen MR) is 185 cm³/mol. The molecule has 242 valence electrons. The van der Waals surface area contributed by atoms with Gasteiger partial charge in [0.05, 0.1) is 15.5 Å². The highest BCUT2D eigenvalue weighted by atomic mass is 127. The van der Waals surface area contributed by atoms with Crippen molar-refractivity contribution in [3.05, 3.63) is 97.7 Å². The Morgan fingerprint density at radius 2 is 1.80 bits per heavy atom. The number of non-ortho nitro benzene ring substituents is 1. The van der Waals surface area contributed by atoms with Crippen molar-refractivity contribution < 1.29 is 22.9 Å². The van der Waals surface area contributed by atoms with Gasteiger partial charge in [-0.2, -0.15) is 0 Å². The number of carbonyl (C=O) groups is 1. The van der Waals surface area contributed by atoms with E-state index in [9.17, 15) is 23.3 Å². The highest BCUT2D eigenvalue weighted by Gasteiger charge is 2.60. The number of likely N-dealkylation sites (tertiary alicyclic amines) is 1. The first-order valence-electron chi connectivity index (χ1n) is 15.0. The maximum absolute atomic E-state index is 13.9. The van der Waals surface area contributed by atoms with Gasteiger partial charge in [-0.05, 0) is 93.1 Å². The van der Waals surface area contributed by atoms with Crippen LogP contribution in [0.1, 0.15) is 38.3 Å². The molecule has 3 aromatic carbocycles. The summed E-state index contributed by atoms with van der Waals surface area (Å²) in [5, 5.41) is 12.1. The lowest BCUT2D eigenvalue weighted by atomic mass is 9.88. The number of aromatic nitrogens is 1. The zero-order chi connectivity index (χ0) is 33.2. The molecule has 3 heterocycles. The van der Waals surface area contributed by atoms with Gasteiger partial charge in [-0.1, -0.05) is 30.3 Å². The second-order valence-corrected chi connectivity index (χ2v) is 16.1. The maximum Gasteiger partial charge on any atom is 0.416 e. The normalized spacial score (nSPS) is 19.9. The van der Waals surface area contributed by atoms with Crippen LogP contribution in [-0.2, 0) is 26.7 Å². The average Bonchev–Trinajstić information content (AvgIpc) is 3.64. The van der Waals surface area contributed by atoms with E-state index in [4.69, 9.17) is 4.74 Å². The summed E-state index contributed by atoms with van der Waals surface area (Å²) in [6.45, 7) is 6.56. The standard InChI is InChI=1S/C33H36IN5O6S/c1-32(2,3)45-31(40)38-29-26(10-8-11-27(29)34)33(18-20-35(4)30(33)38)37-21-22(25-9-6-7-12-28(25)37)17-19-36(5)46(43,44)24-15-13-23(14-16-24)39(41)42/h6-16,21,30H,17-20H2,1-5H3/t30-,33-/m1/s1. The third-order valence-electron chi connectivity index (χ3n) is 8.90. The number of amides is 1. The number of hydrogen-bond donors (Lipinski definition) is 0. The Kier molecular flexibility index (Phi) is 8.18. The van der Waals surface area contributed by atoms with Gasteiger partial charge in [0.2, 0.25) is 10.0 Å². The van der Waals surface area contributed by atoms with Gasteiger partial charge in [-0.25, -0.2) is 17.5 Å². The van der Waals surface area contributed by atoms with Gasteiger partial charge in [0.15, 0.2) is 0 Å². The first-order valence-corrected chi connectivity index (χ1v) is 17.5. The molecule has 0 bridgehead atoms. The minimum absolute atomic E-state index is 0.00171. The molecule has 1 fully saturated rings. The van der Waals surface area contributed by atoms with Crippen LogP contribution in [0.5, 0.6) is 0 Å². The first-order chi connectivity index (χ1) is 21.7. The molecule has 0 radical (unpaired) electrons. The van der Waals surface area contributed by atoms with Crippen molar-refractivity contribution >= 4 is 61.0 Å². The van der Waals surface area contributed by atoms with E-state index in [1.54, 1.807) is 0 Å². The molecule has 4 aromatic rings. The van der Waals surface area contributed by atoms with Crippen LogP contribution >= 0.6 is 22.6 Å². The molecule has 2 aliphatic rings. The summed E-state index contributed by atoms with van der Waals surface area (Å²) in [5.41, 5.74) is 2.41. The molecular formula is C33H36IN5O6S. The van der Waals surface area contributed by atoms with Crippen LogP contribution in [0, 0.1) is 13.7 Å². The number of fused-ring (bicyclic) bond motifs is 4. The van der Waals surface area contributed by atoms with E-state index in [1.807, 2.05) is 63.1 Å². The lowest BCUT2D eigenvalue weighted by Gasteiger charge is -2.38. The topological polar surface area (TPSA) is 118 Å². The monoisotopic (exact) mass is 757 g/mol. The van der Waals surface area contributed by atoms with Crippen molar-refractivity contribution in [1.82, 2.24) is 13.8 Å². The Morgan fingerprint density at radius 3 is 2.48 bits per heavy atom. The molecule has 0 aliphatic carbocycles. The SMILES string of the molecule is CN1CC[C@@]2(n3cc(CCN(C)S(=O)(=O)c4ccc([N+](=O)[O-])cc4)c4ccccc43)c3cccc(I)c3N(C(=O)OC(C)(C)C)[C@@H]12. The van der Waals surface area contributed by atoms with E-state index in [1.165, 1.54) is 35.6 Å². The van der Waals surface area contributed by atoms with Crippen LogP contribution in [0.4, 0.5) is 16.2 Å². The van der Waals surface area contributed by atoms with E-state index in [-0.39, 0.29) is 23.3 Å². The van der Waals surface area contributed by atoms with Crippen LogP contribution in [-0.4, -0.2) is 72.2 Å². The fraction of sp³-hybridized carbons (Fsp3) is 0.364. The number of halogens is 1. The van der Waals surface area contributed by atoms with Crippen molar-refractivity contribution in [2.75, 3.05) is 32.1 Å². The largest absolute Gasteiger partial charge is 0.443 e. The van der Waals surface area contributed by atoms with Gasteiger partial charge in [-0.15, -0.1) is 0 Å². The smallest absolute Gasteiger partial charge is 0.416 e. The van der Waals surface area contributed by atoms with Crippen molar-refractivity contribution in [3.8, 4) is 0 Å². The average molecular weight is 758 g/mol. The summed E-state index contributed by atoms with van der Waals surface area (Å²) >= 11 is 2.29. The number of ether oxygens (including phenoxy) is 1. The van der Waals surface area contributed by atoms with Gasteiger partial charge in [0.1, 0.15) is 17.3 Å². The summed E-state index contributed by atoms with van der Waals surface area (Å²) in [7, 11) is -0.322. The fourth-order valence-corrected chi connectivity index (χ4v) is 8.78. The number of hydrogen-bond acceptors (Lipinski definition) is 7. The van der Waals surface area contributed by atoms with Gasteiger partial charge < -0.3 is 9.30 Å². The lowest BCUT2D eigenvalue weighted by Crippen LogP contribution is -2.54. The minimum atomic E-state index is -3.87. The highest BCUT2D eigenvalue weighted by Crippen LogP contribution is 2.55. The Labute approximate surface area is 282 Å². The van der Waals surface area contributed by atoms with E-state index in [0.29, 0.717) is 6.42 Å². The number of carbonyl (C=O) groups excluding carboxylic acids is 1. The van der Waals surface area contributed by atoms with Gasteiger partial charge in [0, 0.05) is 58.5 Å². The summed E-state index contributed by atoms with van der Waals surface area (Å²) in [4.78, 5) is 28.4. The number of rotatable bonds is 7. The van der Waals surface area contributed by atoms with E-state index < -0.39 is 32.2 Å². The Balaban J connectivity index is 1.41. The second-order valence-electron chi connectivity index (χ2n) is 12.9. The molecule has 0 saturated carbocycles. The number of nitro benzene ring substituents is 1. The number of anilines is 1. The molecule has 13 heteroatoms. The number of para-hydroxylation sites is 2. The molecule has 6 rings (SSSR count). The predicted octanol–water partition coefficient (Wildman–Crippen LogP) is 6.18. The van der Waals surface area contributed by atoms with Gasteiger partial charge in [0.25, 0.3) is 5.69 Å². The van der Waals surface area contributed by atoms with Crippen molar-refractivity contribution in [2.45, 2.75) is 55.8 Å². The number of nitro groups is 1. The number of nitrogens with zero attached hydrogens (tertiary/aromatic N) is 5. The van der Waals surface area contributed by atoms with Crippen LogP contribution in [0.3, 0.4) is 0 Å². The number of likely N-dealkylation sites (N-methyl/N-ethyl adjacent to an activating group) is 2. The highest BCUT2D eigenvalue weighted by molar-refractivity contribution is 14.1. The summed E-state index contributed by atoms with van der Waals surface area (Å²) in [6, 6.07) is 19.2. The Bertz CT molecular complexity index is 1960. The first kappa shape index (κ1) is 32.4. The zero-order valence-corrected chi connectivity index (χ0v) is 29.3. The van der Waals surface area contributed by atoms with Crippen molar-refractivity contribution in [3.63, 3.8) is 0 Å². The molecule has 2 atom stereocenters. The van der Waals surface area contributed by atoms with E-state index >= 15 is 0 Å². The van der Waals surface area contributed by atoms with Crippen LogP contribution < -0.4 is 4.90 Å². The summed E-state index contributed by atoms with van der Waals surface area (Å²) in [5.74, 6) is 0. The second kappa shape index (κ2) is 11.6. The van der Waals surface area contributed by atoms with Crippen LogP contribution in [0.25, 0.3) is 10.9 Å². The van der Waals surface area contributed by atoms with Gasteiger partial charge in [-0.3, -0.25) is 19.9 Å². The zero-order valence-electron chi connectivity index (χ0n) is 26.3. The number of benzene rings is 3. The molecule has 11 nitrogen and oxygen atoms in total. The molecule has 1 saturated heterocycles.